The molecule has 0 radical (unpaired) electrons. The van der Waals surface area contributed by atoms with Gasteiger partial charge in [-0.1, -0.05) is 24.3 Å². The van der Waals surface area contributed by atoms with Gasteiger partial charge < -0.3 is 4.90 Å². The number of carbonyl (C=O) groups excluding carboxylic acids is 1. The Morgan fingerprint density at radius 3 is 2.54 bits per heavy atom. The summed E-state index contributed by atoms with van der Waals surface area (Å²) in [5, 5.41) is 5.64. The van der Waals surface area contributed by atoms with E-state index in [1.165, 1.54) is 17.7 Å². The fourth-order valence-corrected chi connectivity index (χ4v) is 6.49. The van der Waals surface area contributed by atoms with Crippen LogP contribution in [0, 0.1) is 18.7 Å². The standard InChI is InChI=1S/C31H25FN4O/c1-20-15-28-22(17-34-36(28)24-12-10-23(32)11-13-24)16-25(20)31-19-35(30(37)21-7-3-2-4-8-21)18-26(31)29(31)27-9-5-6-14-33-27/h2-17,26,29H,18-19H2,1H3/t26-,29?,31+/m1/s1. The lowest BCUT2D eigenvalue weighted by molar-refractivity contribution is 0.0769. The minimum absolute atomic E-state index is 0.0785. The maximum absolute atomic E-state index is 13.5. The Hall–Kier alpha value is -4.32. The number of carbonyl (C=O) groups is 1. The Morgan fingerprint density at radius 1 is 1.00 bits per heavy atom. The van der Waals surface area contributed by atoms with Gasteiger partial charge in [-0.25, -0.2) is 9.07 Å². The number of aromatic nitrogens is 3. The molecule has 1 saturated heterocycles. The van der Waals surface area contributed by atoms with Crippen molar-refractivity contribution in [3.8, 4) is 5.69 Å². The normalized spacial score (nSPS) is 22.3. The molecule has 2 aliphatic rings. The first-order valence-electron chi connectivity index (χ1n) is 12.6. The second-order valence-corrected chi connectivity index (χ2v) is 10.2. The quantitative estimate of drug-likeness (QED) is 0.327. The van der Waals surface area contributed by atoms with Gasteiger partial charge in [0.15, 0.2) is 0 Å². The average molecular weight is 489 g/mol. The van der Waals surface area contributed by atoms with Crippen LogP contribution in [-0.4, -0.2) is 38.7 Å². The van der Waals surface area contributed by atoms with Crippen LogP contribution >= 0.6 is 0 Å². The lowest BCUT2D eigenvalue weighted by atomic mass is 9.87. The summed E-state index contributed by atoms with van der Waals surface area (Å²) in [4.78, 5) is 20.1. The summed E-state index contributed by atoms with van der Waals surface area (Å²) < 4.78 is 15.3. The van der Waals surface area contributed by atoms with Gasteiger partial charge in [0.25, 0.3) is 5.91 Å². The Labute approximate surface area is 214 Å². The summed E-state index contributed by atoms with van der Waals surface area (Å²) in [5.41, 5.74) is 5.83. The molecule has 1 aliphatic heterocycles. The summed E-state index contributed by atoms with van der Waals surface area (Å²) in [6.45, 7) is 3.50. The molecular formula is C31H25FN4O. The van der Waals surface area contributed by atoms with Gasteiger partial charge in [-0.05, 0) is 84.6 Å². The number of benzene rings is 3. The van der Waals surface area contributed by atoms with Crippen molar-refractivity contribution in [3.63, 3.8) is 0 Å². The third-order valence-corrected chi connectivity index (χ3v) is 8.18. The topological polar surface area (TPSA) is 51.0 Å². The molecule has 37 heavy (non-hydrogen) atoms. The first-order chi connectivity index (χ1) is 18.1. The third-order valence-electron chi connectivity index (χ3n) is 8.18. The van der Waals surface area contributed by atoms with E-state index >= 15 is 0 Å². The number of likely N-dealkylation sites (tertiary alicyclic amines) is 1. The number of aryl methyl sites for hydroxylation is 1. The summed E-state index contributed by atoms with van der Waals surface area (Å²) in [6, 6.07) is 26.4. The monoisotopic (exact) mass is 488 g/mol. The minimum atomic E-state index is -0.269. The van der Waals surface area contributed by atoms with Gasteiger partial charge in [-0.15, -0.1) is 0 Å². The van der Waals surface area contributed by atoms with Gasteiger partial charge in [0.05, 0.1) is 17.4 Å². The van der Waals surface area contributed by atoms with E-state index in [1.807, 2.05) is 64.4 Å². The summed E-state index contributed by atoms with van der Waals surface area (Å²) in [6.07, 6.45) is 3.72. The maximum atomic E-state index is 13.5. The molecule has 182 valence electrons. The SMILES string of the molecule is Cc1cc2c(cnn2-c2ccc(F)cc2)cc1[C@@]12CN(C(=O)c3ccccc3)C[C@@H]1C2c1ccccn1. The largest absolute Gasteiger partial charge is 0.337 e. The molecule has 2 aromatic heterocycles. The zero-order valence-corrected chi connectivity index (χ0v) is 20.4. The second kappa shape index (κ2) is 8.10. The molecule has 1 unspecified atom stereocenters. The molecule has 0 spiro atoms. The van der Waals surface area contributed by atoms with E-state index in [4.69, 9.17) is 4.98 Å². The second-order valence-electron chi connectivity index (χ2n) is 10.2. The molecule has 3 heterocycles. The van der Waals surface area contributed by atoms with Crippen LogP contribution in [-0.2, 0) is 5.41 Å². The van der Waals surface area contributed by atoms with E-state index in [2.05, 4.69) is 30.2 Å². The predicted molar refractivity (Wildman–Crippen MR) is 140 cm³/mol. The van der Waals surface area contributed by atoms with Gasteiger partial charge in [-0.3, -0.25) is 9.78 Å². The van der Waals surface area contributed by atoms with E-state index in [0.29, 0.717) is 19.0 Å². The van der Waals surface area contributed by atoms with Crippen LogP contribution in [0.1, 0.15) is 33.1 Å². The molecule has 6 heteroatoms. The number of halogens is 1. The highest BCUT2D eigenvalue weighted by atomic mass is 19.1. The number of fused-ring (bicyclic) bond motifs is 2. The van der Waals surface area contributed by atoms with Crippen molar-refractivity contribution in [2.75, 3.05) is 13.1 Å². The molecule has 0 bridgehead atoms. The predicted octanol–water partition coefficient (Wildman–Crippen LogP) is 5.68. The van der Waals surface area contributed by atoms with Crippen LogP contribution in [0.2, 0.25) is 0 Å². The molecule has 5 nitrogen and oxygen atoms in total. The number of amides is 1. The van der Waals surface area contributed by atoms with Gasteiger partial charge in [-0.2, -0.15) is 5.10 Å². The third kappa shape index (κ3) is 3.32. The van der Waals surface area contributed by atoms with Crippen molar-refractivity contribution in [3.05, 3.63) is 126 Å². The van der Waals surface area contributed by atoms with Crippen LogP contribution in [0.25, 0.3) is 16.6 Å². The van der Waals surface area contributed by atoms with E-state index < -0.39 is 0 Å². The van der Waals surface area contributed by atoms with Crippen molar-refractivity contribution in [2.45, 2.75) is 18.3 Å². The first-order valence-corrected chi connectivity index (χ1v) is 12.6. The molecule has 1 amide bonds. The summed E-state index contributed by atoms with van der Waals surface area (Å²) >= 11 is 0. The van der Waals surface area contributed by atoms with E-state index in [9.17, 15) is 9.18 Å². The fraction of sp³-hybridized carbons (Fsp3) is 0.194. The Balaban J connectivity index is 1.31. The first kappa shape index (κ1) is 21.9. The van der Waals surface area contributed by atoms with Crippen molar-refractivity contribution in [1.29, 1.82) is 0 Å². The number of pyridine rings is 1. The molecule has 1 aliphatic carbocycles. The maximum Gasteiger partial charge on any atom is 0.253 e. The molecule has 0 N–H and O–H groups in total. The Kier molecular flexibility index (Phi) is 4.80. The van der Waals surface area contributed by atoms with E-state index in [1.54, 1.807) is 12.1 Å². The smallest absolute Gasteiger partial charge is 0.253 e. The number of nitrogens with zero attached hydrogens (tertiary/aromatic N) is 4. The molecule has 1 saturated carbocycles. The zero-order chi connectivity index (χ0) is 25.1. The van der Waals surface area contributed by atoms with Crippen LogP contribution in [0.3, 0.4) is 0 Å². The van der Waals surface area contributed by atoms with Crippen LogP contribution in [0.4, 0.5) is 4.39 Å². The zero-order valence-electron chi connectivity index (χ0n) is 20.4. The number of piperidine rings is 1. The molecule has 7 rings (SSSR count). The fourth-order valence-electron chi connectivity index (χ4n) is 6.49. The minimum Gasteiger partial charge on any atom is -0.337 e. The van der Waals surface area contributed by atoms with Crippen molar-refractivity contribution in [2.24, 2.45) is 5.92 Å². The highest BCUT2D eigenvalue weighted by molar-refractivity contribution is 5.95. The van der Waals surface area contributed by atoms with Crippen LogP contribution < -0.4 is 0 Å². The molecule has 3 atom stereocenters. The van der Waals surface area contributed by atoms with Gasteiger partial charge in [0.2, 0.25) is 0 Å². The summed E-state index contributed by atoms with van der Waals surface area (Å²) in [5.74, 6) is 0.374. The van der Waals surface area contributed by atoms with Crippen molar-refractivity contribution in [1.82, 2.24) is 19.7 Å². The van der Waals surface area contributed by atoms with Gasteiger partial charge >= 0.3 is 0 Å². The molecule has 5 aromatic rings. The summed E-state index contributed by atoms with van der Waals surface area (Å²) in [7, 11) is 0. The number of hydrogen-bond acceptors (Lipinski definition) is 3. The highest BCUT2D eigenvalue weighted by Crippen LogP contribution is 2.69. The molecule has 2 fully saturated rings. The molecule has 3 aromatic carbocycles. The van der Waals surface area contributed by atoms with E-state index in [-0.39, 0.29) is 23.1 Å². The van der Waals surface area contributed by atoms with E-state index in [0.717, 1.165) is 33.4 Å². The Morgan fingerprint density at radius 2 is 1.78 bits per heavy atom. The van der Waals surface area contributed by atoms with Gasteiger partial charge in [0.1, 0.15) is 5.82 Å². The van der Waals surface area contributed by atoms with Crippen molar-refractivity contribution < 1.29 is 9.18 Å². The lowest BCUT2D eigenvalue weighted by Gasteiger charge is -2.25. The Bertz CT molecular complexity index is 1630. The number of rotatable bonds is 4. The lowest BCUT2D eigenvalue weighted by Crippen LogP contribution is -2.34. The number of hydrogen-bond donors (Lipinski definition) is 0. The molecular weight excluding hydrogens is 463 g/mol. The van der Waals surface area contributed by atoms with Crippen LogP contribution in [0.5, 0.6) is 0 Å². The van der Waals surface area contributed by atoms with Gasteiger partial charge in [0, 0.05) is 47.3 Å². The van der Waals surface area contributed by atoms with Crippen molar-refractivity contribution >= 4 is 16.8 Å². The highest BCUT2D eigenvalue weighted by Gasteiger charge is 2.71. The average Bonchev–Trinajstić information content (AvgIpc) is 3.19. The van der Waals surface area contributed by atoms with Crippen LogP contribution in [0.15, 0.2) is 97.3 Å².